The highest BCUT2D eigenvalue weighted by Crippen LogP contribution is 2.15. The van der Waals surface area contributed by atoms with Crippen LogP contribution in [-0.4, -0.2) is 67.8 Å². The first kappa shape index (κ1) is 17.7. The van der Waals surface area contributed by atoms with E-state index in [0.717, 1.165) is 37.4 Å². The normalized spacial score (nSPS) is 15.6. The Bertz CT molecular complexity index is 950. The molecular formula is C19H23FN6O. The van der Waals surface area contributed by atoms with Gasteiger partial charge in [0.2, 0.25) is 0 Å². The quantitative estimate of drug-likeness (QED) is 0.701. The standard InChI is InChI=1S/C19H23FN6O/c1-14-11-17(22-23(14)2)19(27)25-8-5-24(6-9-25)7-10-26-13-21-16-12-15(20)3-4-18(16)26/h3-4,11-13H,5-10H2,1-2H3. The van der Waals surface area contributed by atoms with Gasteiger partial charge in [-0.05, 0) is 25.1 Å². The molecule has 1 aromatic carbocycles. The third-order valence-electron chi connectivity index (χ3n) is 5.23. The lowest BCUT2D eigenvalue weighted by Gasteiger charge is -2.34. The topological polar surface area (TPSA) is 59.2 Å². The highest BCUT2D eigenvalue weighted by Gasteiger charge is 2.24. The number of piperazine rings is 1. The molecule has 3 heterocycles. The number of carbonyl (C=O) groups excluding carboxylic acids is 1. The van der Waals surface area contributed by atoms with Crippen LogP contribution in [0.3, 0.4) is 0 Å². The van der Waals surface area contributed by atoms with Crippen molar-refractivity contribution in [3.63, 3.8) is 0 Å². The van der Waals surface area contributed by atoms with Crippen molar-refractivity contribution >= 4 is 16.9 Å². The second kappa shape index (κ2) is 7.11. The van der Waals surface area contributed by atoms with Crippen LogP contribution in [0.15, 0.2) is 30.6 Å². The fraction of sp³-hybridized carbons (Fsp3) is 0.421. The lowest BCUT2D eigenvalue weighted by Crippen LogP contribution is -2.49. The second-order valence-electron chi connectivity index (χ2n) is 7.00. The third kappa shape index (κ3) is 3.57. The molecule has 4 rings (SSSR count). The zero-order valence-electron chi connectivity index (χ0n) is 15.6. The number of fused-ring (bicyclic) bond motifs is 1. The van der Waals surface area contributed by atoms with Crippen LogP contribution in [-0.2, 0) is 13.6 Å². The van der Waals surface area contributed by atoms with Gasteiger partial charge in [0, 0.05) is 58.1 Å². The molecule has 8 heteroatoms. The number of nitrogens with zero attached hydrogens (tertiary/aromatic N) is 6. The summed E-state index contributed by atoms with van der Waals surface area (Å²) >= 11 is 0. The molecule has 0 aliphatic carbocycles. The minimum absolute atomic E-state index is 0.000908. The maximum Gasteiger partial charge on any atom is 0.274 e. The minimum atomic E-state index is -0.267. The van der Waals surface area contributed by atoms with Crippen LogP contribution in [0, 0.1) is 12.7 Å². The van der Waals surface area contributed by atoms with Crippen molar-refractivity contribution in [3.8, 4) is 0 Å². The molecule has 7 nitrogen and oxygen atoms in total. The number of benzene rings is 1. The van der Waals surface area contributed by atoms with Gasteiger partial charge in [0.05, 0.1) is 17.4 Å². The number of amides is 1. The highest BCUT2D eigenvalue weighted by molar-refractivity contribution is 5.92. The smallest absolute Gasteiger partial charge is 0.274 e. The zero-order chi connectivity index (χ0) is 19.0. The van der Waals surface area contributed by atoms with E-state index in [1.807, 2.05) is 29.5 Å². The summed E-state index contributed by atoms with van der Waals surface area (Å²) in [6.07, 6.45) is 1.76. The summed E-state index contributed by atoms with van der Waals surface area (Å²) in [7, 11) is 1.85. The molecule has 3 aromatic rings. The number of aryl methyl sites for hydroxylation is 2. The van der Waals surface area contributed by atoms with E-state index in [1.54, 1.807) is 17.1 Å². The summed E-state index contributed by atoms with van der Waals surface area (Å²) in [6, 6.07) is 6.52. The predicted octanol–water partition coefficient (Wildman–Crippen LogP) is 1.68. The van der Waals surface area contributed by atoms with Crippen molar-refractivity contribution in [1.82, 2.24) is 29.1 Å². The molecule has 0 unspecified atom stereocenters. The fourth-order valence-electron chi connectivity index (χ4n) is 3.47. The molecule has 0 saturated carbocycles. The molecule has 142 valence electrons. The minimum Gasteiger partial charge on any atom is -0.335 e. The van der Waals surface area contributed by atoms with Gasteiger partial charge in [0.15, 0.2) is 5.69 Å². The van der Waals surface area contributed by atoms with E-state index in [9.17, 15) is 9.18 Å². The van der Waals surface area contributed by atoms with E-state index < -0.39 is 0 Å². The molecule has 2 aromatic heterocycles. The Morgan fingerprint density at radius 3 is 2.63 bits per heavy atom. The lowest BCUT2D eigenvalue weighted by atomic mass is 10.2. The molecule has 27 heavy (non-hydrogen) atoms. The van der Waals surface area contributed by atoms with Crippen molar-refractivity contribution in [2.24, 2.45) is 7.05 Å². The van der Waals surface area contributed by atoms with E-state index in [-0.39, 0.29) is 11.7 Å². The van der Waals surface area contributed by atoms with Crippen LogP contribution in [0.1, 0.15) is 16.2 Å². The fourth-order valence-corrected chi connectivity index (χ4v) is 3.47. The van der Waals surface area contributed by atoms with E-state index in [4.69, 9.17) is 0 Å². The van der Waals surface area contributed by atoms with E-state index >= 15 is 0 Å². The number of imidazole rings is 1. The average molecular weight is 370 g/mol. The molecule has 1 amide bonds. The highest BCUT2D eigenvalue weighted by atomic mass is 19.1. The van der Waals surface area contributed by atoms with Gasteiger partial charge >= 0.3 is 0 Å². The Labute approximate surface area is 157 Å². The number of halogens is 1. The van der Waals surface area contributed by atoms with Gasteiger partial charge in [-0.3, -0.25) is 14.4 Å². The van der Waals surface area contributed by atoms with Crippen LogP contribution in [0.25, 0.3) is 11.0 Å². The third-order valence-corrected chi connectivity index (χ3v) is 5.23. The number of hydrogen-bond acceptors (Lipinski definition) is 4. The molecule has 1 aliphatic heterocycles. The zero-order valence-corrected chi connectivity index (χ0v) is 15.6. The van der Waals surface area contributed by atoms with Crippen LogP contribution in [0.5, 0.6) is 0 Å². The molecule has 1 saturated heterocycles. The van der Waals surface area contributed by atoms with E-state index in [1.165, 1.54) is 12.1 Å². The first-order valence-corrected chi connectivity index (χ1v) is 9.14. The van der Waals surface area contributed by atoms with Gasteiger partial charge in [0.1, 0.15) is 5.82 Å². The van der Waals surface area contributed by atoms with Gasteiger partial charge in [-0.15, -0.1) is 0 Å². The largest absolute Gasteiger partial charge is 0.335 e. The molecule has 1 fully saturated rings. The first-order chi connectivity index (χ1) is 13.0. The molecule has 0 N–H and O–H groups in total. The summed E-state index contributed by atoms with van der Waals surface area (Å²) in [5.74, 6) is -0.266. The van der Waals surface area contributed by atoms with Crippen molar-refractivity contribution in [2.45, 2.75) is 13.5 Å². The van der Waals surface area contributed by atoms with Crippen molar-refractivity contribution in [1.29, 1.82) is 0 Å². The number of aromatic nitrogens is 4. The molecule has 1 aliphatic rings. The molecule has 0 atom stereocenters. The Morgan fingerprint density at radius 1 is 1.15 bits per heavy atom. The SMILES string of the molecule is Cc1cc(C(=O)N2CCN(CCn3cnc4cc(F)ccc43)CC2)nn1C. The summed E-state index contributed by atoms with van der Waals surface area (Å²) in [6.45, 7) is 6.66. The van der Waals surface area contributed by atoms with Gasteiger partial charge in [-0.1, -0.05) is 0 Å². The van der Waals surface area contributed by atoms with Gasteiger partial charge in [0.25, 0.3) is 5.91 Å². The Morgan fingerprint density at radius 2 is 1.93 bits per heavy atom. The van der Waals surface area contributed by atoms with Crippen LogP contribution in [0.4, 0.5) is 4.39 Å². The molecule has 0 spiro atoms. The number of rotatable bonds is 4. The van der Waals surface area contributed by atoms with Crippen molar-refractivity contribution < 1.29 is 9.18 Å². The number of carbonyl (C=O) groups is 1. The Kier molecular flexibility index (Phi) is 4.65. The van der Waals surface area contributed by atoms with E-state index in [0.29, 0.717) is 24.3 Å². The van der Waals surface area contributed by atoms with Gasteiger partial charge < -0.3 is 9.47 Å². The van der Waals surface area contributed by atoms with Crippen LogP contribution in [0.2, 0.25) is 0 Å². The lowest BCUT2D eigenvalue weighted by molar-refractivity contribution is 0.0627. The molecule has 0 radical (unpaired) electrons. The van der Waals surface area contributed by atoms with Crippen LogP contribution >= 0.6 is 0 Å². The first-order valence-electron chi connectivity index (χ1n) is 9.14. The van der Waals surface area contributed by atoms with Crippen LogP contribution < -0.4 is 0 Å². The monoisotopic (exact) mass is 370 g/mol. The summed E-state index contributed by atoms with van der Waals surface area (Å²) < 4.78 is 17.0. The summed E-state index contributed by atoms with van der Waals surface area (Å²) in [4.78, 5) is 21.0. The average Bonchev–Trinajstić information content (AvgIpc) is 3.22. The van der Waals surface area contributed by atoms with E-state index in [2.05, 4.69) is 15.0 Å². The Hall–Kier alpha value is -2.74. The second-order valence-corrected chi connectivity index (χ2v) is 7.00. The molecular weight excluding hydrogens is 347 g/mol. The molecule has 0 bridgehead atoms. The van der Waals surface area contributed by atoms with Gasteiger partial charge in [-0.2, -0.15) is 5.10 Å². The predicted molar refractivity (Wildman–Crippen MR) is 100.0 cm³/mol. The van der Waals surface area contributed by atoms with Crippen molar-refractivity contribution in [3.05, 3.63) is 47.8 Å². The van der Waals surface area contributed by atoms with Gasteiger partial charge in [-0.25, -0.2) is 9.37 Å². The maximum atomic E-state index is 13.3. The summed E-state index contributed by atoms with van der Waals surface area (Å²) in [5.41, 5.74) is 3.11. The number of hydrogen-bond donors (Lipinski definition) is 0. The maximum absolute atomic E-state index is 13.3. The summed E-state index contributed by atoms with van der Waals surface area (Å²) in [5, 5.41) is 4.28. The Balaban J connectivity index is 1.32. The van der Waals surface area contributed by atoms with Crippen molar-refractivity contribution in [2.75, 3.05) is 32.7 Å².